The average molecular weight is 458 g/mol. The van der Waals surface area contributed by atoms with Crippen molar-refractivity contribution in [3.8, 4) is 5.75 Å². The maximum Gasteiger partial charge on any atom is 0.243 e. The Morgan fingerprint density at radius 1 is 1.26 bits per heavy atom. The quantitative estimate of drug-likeness (QED) is 0.649. The predicted molar refractivity (Wildman–Crippen MR) is 118 cm³/mol. The lowest BCUT2D eigenvalue weighted by Gasteiger charge is -2.42. The molecular weight excluding hydrogens is 434 g/mol. The number of piperidine rings is 1. The first-order valence-corrected chi connectivity index (χ1v) is 12.6. The van der Waals surface area contributed by atoms with Gasteiger partial charge in [-0.25, -0.2) is 13.4 Å². The molecule has 2 aliphatic heterocycles. The maximum absolute atomic E-state index is 13.8. The van der Waals surface area contributed by atoms with E-state index in [1.165, 1.54) is 15.6 Å². The molecule has 2 N–H and O–H groups in total. The van der Waals surface area contributed by atoms with Crippen LogP contribution in [0.1, 0.15) is 30.5 Å². The maximum atomic E-state index is 13.8. The van der Waals surface area contributed by atoms with Crippen molar-refractivity contribution >= 4 is 37.5 Å². The molecule has 2 aromatic carbocycles. The number of nitrogens with zero attached hydrogens (tertiary/aromatic N) is 2. The van der Waals surface area contributed by atoms with Gasteiger partial charge in [0.05, 0.1) is 33.3 Å². The van der Waals surface area contributed by atoms with Gasteiger partial charge in [0.1, 0.15) is 5.75 Å². The zero-order valence-corrected chi connectivity index (χ0v) is 18.7. The van der Waals surface area contributed by atoms with Crippen LogP contribution in [0.4, 0.5) is 0 Å². The van der Waals surface area contributed by atoms with Crippen LogP contribution in [0.3, 0.4) is 0 Å². The topological polar surface area (TPSA) is 103 Å². The largest absolute Gasteiger partial charge is 0.493 e. The van der Waals surface area contributed by atoms with Gasteiger partial charge in [-0.1, -0.05) is 13.0 Å². The Labute approximate surface area is 184 Å². The zero-order valence-electron chi connectivity index (χ0n) is 17.0. The van der Waals surface area contributed by atoms with E-state index in [4.69, 9.17) is 10.5 Å². The summed E-state index contributed by atoms with van der Waals surface area (Å²) in [5, 5.41) is 0. The fourth-order valence-corrected chi connectivity index (χ4v) is 7.23. The van der Waals surface area contributed by atoms with Gasteiger partial charge in [0.2, 0.25) is 15.9 Å². The minimum atomic E-state index is -3.80. The van der Waals surface area contributed by atoms with Gasteiger partial charge in [0.25, 0.3) is 0 Å². The number of ether oxygens (including phenoxy) is 1. The number of hydrogen-bond donors (Lipinski definition) is 1. The lowest BCUT2D eigenvalue weighted by atomic mass is 9.79. The molecule has 2 aliphatic rings. The van der Waals surface area contributed by atoms with Crippen LogP contribution in [0, 0.1) is 11.8 Å². The second-order valence-electron chi connectivity index (χ2n) is 8.16. The van der Waals surface area contributed by atoms with Crippen LogP contribution in [-0.2, 0) is 21.2 Å². The van der Waals surface area contributed by atoms with Crippen LogP contribution in [0.25, 0.3) is 10.2 Å². The molecule has 162 valence electrons. The molecule has 0 radical (unpaired) electrons. The van der Waals surface area contributed by atoms with E-state index >= 15 is 0 Å². The molecule has 0 bridgehead atoms. The SMILES string of the molecule is CC1C(C(N)=O)CCN(S(=O)(=O)c2ccc3c(c2)CCO3)C1c1ccc2scnc2c1. The van der Waals surface area contributed by atoms with E-state index in [0.29, 0.717) is 19.4 Å². The Morgan fingerprint density at radius 2 is 2.10 bits per heavy atom. The van der Waals surface area contributed by atoms with Gasteiger partial charge in [-0.3, -0.25) is 4.79 Å². The number of benzene rings is 2. The summed E-state index contributed by atoms with van der Waals surface area (Å²) in [5.41, 5.74) is 9.99. The molecule has 0 spiro atoms. The third-order valence-corrected chi connectivity index (χ3v) is 9.12. The Balaban J connectivity index is 1.60. The highest BCUT2D eigenvalue weighted by Gasteiger charge is 2.44. The number of rotatable bonds is 4. The standard InChI is InChI=1S/C22H23N3O4S2/c1-13-17(22(23)26)6-8-25(21(13)15-2-5-20-18(11-15)24-12-30-20)31(27,28)16-3-4-19-14(10-16)7-9-29-19/h2-5,10-13,17,21H,6-9H2,1H3,(H2,23,26). The summed E-state index contributed by atoms with van der Waals surface area (Å²) in [6.45, 7) is 2.70. The third kappa shape index (κ3) is 3.40. The summed E-state index contributed by atoms with van der Waals surface area (Å²) in [5.74, 6) is -0.310. The van der Waals surface area contributed by atoms with Crippen molar-refractivity contribution in [3.05, 3.63) is 53.0 Å². The molecule has 3 heterocycles. The van der Waals surface area contributed by atoms with Gasteiger partial charge in [0, 0.05) is 18.9 Å². The molecule has 3 aromatic rings. The first kappa shape index (κ1) is 20.4. The van der Waals surface area contributed by atoms with Crippen LogP contribution < -0.4 is 10.5 Å². The van der Waals surface area contributed by atoms with E-state index in [9.17, 15) is 13.2 Å². The number of hydrogen-bond acceptors (Lipinski definition) is 6. The summed E-state index contributed by atoms with van der Waals surface area (Å²) >= 11 is 1.53. The summed E-state index contributed by atoms with van der Waals surface area (Å²) in [6.07, 6.45) is 1.10. The second-order valence-corrected chi connectivity index (χ2v) is 10.9. The highest BCUT2D eigenvalue weighted by molar-refractivity contribution is 7.89. The number of thiazole rings is 1. The van der Waals surface area contributed by atoms with Gasteiger partial charge in [-0.2, -0.15) is 4.31 Å². The number of carbonyl (C=O) groups is 1. The predicted octanol–water partition coefficient (Wildman–Crippen LogP) is 3.10. The van der Waals surface area contributed by atoms with Gasteiger partial charge < -0.3 is 10.5 Å². The fourth-order valence-electron chi connectivity index (χ4n) is 4.81. The van der Waals surface area contributed by atoms with E-state index in [1.807, 2.05) is 25.1 Å². The summed E-state index contributed by atoms with van der Waals surface area (Å²) in [4.78, 5) is 16.7. The number of amides is 1. The highest BCUT2D eigenvalue weighted by Crippen LogP contribution is 2.43. The van der Waals surface area contributed by atoms with E-state index in [0.717, 1.165) is 27.1 Å². The molecule has 31 heavy (non-hydrogen) atoms. The molecule has 1 amide bonds. The number of carbonyl (C=O) groups excluding carboxylic acids is 1. The second kappa shape index (κ2) is 7.58. The van der Waals surface area contributed by atoms with Crippen molar-refractivity contribution in [1.29, 1.82) is 0 Å². The minimum Gasteiger partial charge on any atom is -0.493 e. The number of aromatic nitrogens is 1. The zero-order chi connectivity index (χ0) is 21.8. The van der Waals surface area contributed by atoms with Crippen LogP contribution in [-0.4, -0.2) is 36.8 Å². The van der Waals surface area contributed by atoms with E-state index in [2.05, 4.69) is 4.98 Å². The number of fused-ring (bicyclic) bond motifs is 2. The molecule has 3 unspecified atom stereocenters. The molecule has 1 saturated heterocycles. The van der Waals surface area contributed by atoms with Crippen molar-refractivity contribution in [1.82, 2.24) is 9.29 Å². The molecule has 7 nitrogen and oxygen atoms in total. The molecular formula is C22H23N3O4S2. The fraction of sp³-hybridized carbons (Fsp3) is 0.364. The van der Waals surface area contributed by atoms with Crippen LogP contribution >= 0.6 is 11.3 Å². The number of nitrogens with two attached hydrogens (primary N) is 1. The first-order chi connectivity index (χ1) is 14.9. The van der Waals surface area contributed by atoms with Gasteiger partial charge in [0.15, 0.2) is 0 Å². The monoisotopic (exact) mass is 457 g/mol. The van der Waals surface area contributed by atoms with Crippen LogP contribution in [0.5, 0.6) is 5.75 Å². The summed E-state index contributed by atoms with van der Waals surface area (Å²) in [7, 11) is -3.80. The summed E-state index contributed by atoms with van der Waals surface area (Å²) in [6, 6.07) is 10.4. The average Bonchev–Trinajstić information content (AvgIpc) is 3.41. The molecule has 1 fully saturated rings. The van der Waals surface area contributed by atoms with Crippen molar-refractivity contribution in [2.75, 3.05) is 13.2 Å². The van der Waals surface area contributed by atoms with Crippen molar-refractivity contribution in [3.63, 3.8) is 0 Å². The van der Waals surface area contributed by atoms with Gasteiger partial charge in [-0.15, -0.1) is 11.3 Å². The first-order valence-electron chi connectivity index (χ1n) is 10.3. The van der Waals surface area contributed by atoms with E-state index in [1.54, 1.807) is 23.7 Å². The van der Waals surface area contributed by atoms with E-state index in [-0.39, 0.29) is 23.3 Å². The number of primary amides is 1. The Hall–Kier alpha value is -2.49. The Kier molecular flexibility index (Phi) is 4.99. The molecule has 9 heteroatoms. The normalized spacial score (nSPS) is 24.1. The van der Waals surface area contributed by atoms with E-state index < -0.39 is 22.0 Å². The lowest BCUT2D eigenvalue weighted by molar-refractivity contribution is -0.125. The van der Waals surface area contributed by atoms with Crippen molar-refractivity contribution in [2.24, 2.45) is 17.6 Å². The van der Waals surface area contributed by atoms with Crippen molar-refractivity contribution in [2.45, 2.75) is 30.7 Å². The lowest BCUT2D eigenvalue weighted by Crippen LogP contribution is -2.48. The van der Waals surface area contributed by atoms with Crippen LogP contribution in [0.15, 0.2) is 46.8 Å². The summed E-state index contributed by atoms with van der Waals surface area (Å²) < 4.78 is 35.6. The Bertz CT molecular complexity index is 1270. The van der Waals surface area contributed by atoms with Gasteiger partial charge in [-0.05, 0) is 53.8 Å². The molecule has 0 saturated carbocycles. The molecule has 0 aliphatic carbocycles. The minimum absolute atomic E-state index is 0.230. The molecule has 5 rings (SSSR count). The number of sulfonamides is 1. The van der Waals surface area contributed by atoms with Crippen molar-refractivity contribution < 1.29 is 17.9 Å². The van der Waals surface area contributed by atoms with Crippen LogP contribution in [0.2, 0.25) is 0 Å². The molecule has 3 atom stereocenters. The highest BCUT2D eigenvalue weighted by atomic mass is 32.2. The Morgan fingerprint density at radius 3 is 2.90 bits per heavy atom. The smallest absolute Gasteiger partial charge is 0.243 e. The molecule has 1 aromatic heterocycles. The van der Waals surface area contributed by atoms with Gasteiger partial charge >= 0.3 is 0 Å². The third-order valence-electron chi connectivity index (χ3n) is 6.43.